The number of phenols is 2. The molecule has 0 aromatic heterocycles. The standard InChI is InChI=1S/C24H31NO5S/c1-6-7-8-9-18-13-21(27)22(20-12-16(4)10-11-19(20)15(2)3)23(28)24(18)31(29,30)25-14-17(5)26/h10-13,25,27-28H,2,6-9,14H2,1,3-5H3. The minimum atomic E-state index is -4.20. The Hall–Kier alpha value is -2.64. The number of hydrogen-bond acceptors (Lipinski definition) is 5. The third-order valence-electron chi connectivity index (χ3n) is 5.04. The van der Waals surface area contributed by atoms with E-state index in [-0.39, 0.29) is 28.5 Å². The molecule has 0 saturated heterocycles. The second kappa shape index (κ2) is 10.1. The van der Waals surface area contributed by atoms with Gasteiger partial charge in [-0.1, -0.05) is 55.7 Å². The van der Waals surface area contributed by atoms with Gasteiger partial charge < -0.3 is 10.2 Å². The van der Waals surface area contributed by atoms with Crippen molar-refractivity contribution in [2.45, 2.75) is 58.3 Å². The second-order valence-corrected chi connectivity index (χ2v) is 9.62. The highest BCUT2D eigenvalue weighted by Gasteiger charge is 2.29. The molecule has 2 rings (SSSR count). The first-order valence-electron chi connectivity index (χ1n) is 10.3. The number of ketones is 1. The summed E-state index contributed by atoms with van der Waals surface area (Å²) >= 11 is 0. The van der Waals surface area contributed by atoms with Crippen molar-refractivity contribution in [2.24, 2.45) is 0 Å². The van der Waals surface area contributed by atoms with Crippen molar-refractivity contribution in [3.05, 3.63) is 47.5 Å². The average Bonchev–Trinajstić information content (AvgIpc) is 2.66. The number of nitrogens with one attached hydrogen (secondary N) is 1. The largest absolute Gasteiger partial charge is 0.507 e. The molecule has 2 aromatic rings. The van der Waals surface area contributed by atoms with Crippen LogP contribution in [0.4, 0.5) is 0 Å². The Kier molecular flexibility index (Phi) is 8.03. The molecule has 0 spiro atoms. The zero-order valence-corrected chi connectivity index (χ0v) is 19.4. The summed E-state index contributed by atoms with van der Waals surface area (Å²) in [6.45, 7) is 10.5. The van der Waals surface area contributed by atoms with Gasteiger partial charge in [-0.2, -0.15) is 0 Å². The number of allylic oxidation sites excluding steroid dienone is 1. The van der Waals surface area contributed by atoms with Gasteiger partial charge in [-0.25, -0.2) is 13.1 Å². The zero-order chi connectivity index (χ0) is 23.3. The first kappa shape index (κ1) is 24.6. The SMILES string of the molecule is C=C(C)c1ccc(C)cc1-c1c(O)cc(CCCCC)c(S(=O)(=O)NCC(C)=O)c1O. The highest BCUT2D eigenvalue weighted by atomic mass is 32.2. The normalized spacial score (nSPS) is 11.5. The molecule has 0 bridgehead atoms. The van der Waals surface area contributed by atoms with Gasteiger partial charge in [-0.05, 0) is 56.4 Å². The highest BCUT2D eigenvalue weighted by Crippen LogP contribution is 2.46. The van der Waals surface area contributed by atoms with Gasteiger partial charge in [0.25, 0.3) is 0 Å². The van der Waals surface area contributed by atoms with E-state index in [4.69, 9.17) is 0 Å². The molecular weight excluding hydrogens is 414 g/mol. The molecule has 0 amide bonds. The topological polar surface area (TPSA) is 104 Å². The first-order valence-corrected chi connectivity index (χ1v) is 11.8. The molecule has 0 radical (unpaired) electrons. The van der Waals surface area contributed by atoms with Crippen LogP contribution >= 0.6 is 0 Å². The summed E-state index contributed by atoms with van der Waals surface area (Å²) in [4.78, 5) is 11.1. The Balaban J connectivity index is 2.81. The fourth-order valence-electron chi connectivity index (χ4n) is 3.51. The Morgan fingerprint density at radius 1 is 1.13 bits per heavy atom. The molecule has 168 valence electrons. The lowest BCUT2D eigenvalue weighted by atomic mass is 9.91. The van der Waals surface area contributed by atoms with E-state index in [1.165, 1.54) is 13.0 Å². The van der Waals surface area contributed by atoms with Crippen LogP contribution in [-0.4, -0.2) is 31.0 Å². The van der Waals surface area contributed by atoms with Crippen LogP contribution in [0.2, 0.25) is 0 Å². The maximum atomic E-state index is 13.1. The summed E-state index contributed by atoms with van der Waals surface area (Å²) in [7, 11) is -4.20. The second-order valence-electron chi connectivity index (χ2n) is 7.92. The van der Waals surface area contributed by atoms with E-state index in [1.807, 2.05) is 26.0 Å². The van der Waals surface area contributed by atoms with E-state index in [0.29, 0.717) is 35.1 Å². The molecule has 0 unspecified atom stereocenters. The summed E-state index contributed by atoms with van der Waals surface area (Å²) in [5, 5.41) is 22.0. The van der Waals surface area contributed by atoms with Crippen LogP contribution in [0.3, 0.4) is 0 Å². The van der Waals surface area contributed by atoms with E-state index in [9.17, 15) is 23.4 Å². The van der Waals surface area contributed by atoms with Gasteiger partial charge in [0.05, 0.1) is 12.1 Å². The molecular formula is C24H31NO5S. The van der Waals surface area contributed by atoms with Gasteiger partial charge in [-0.15, -0.1) is 0 Å². The molecule has 31 heavy (non-hydrogen) atoms. The van der Waals surface area contributed by atoms with Gasteiger partial charge >= 0.3 is 0 Å². The molecule has 7 heteroatoms. The van der Waals surface area contributed by atoms with E-state index >= 15 is 0 Å². The summed E-state index contributed by atoms with van der Waals surface area (Å²) < 4.78 is 28.4. The molecule has 0 saturated carbocycles. The number of benzene rings is 2. The minimum absolute atomic E-state index is 0.0316. The van der Waals surface area contributed by atoms with Gasteiger partial charge in [0.1, 0.15) is 22.2 Å². The number of carbonyl (C=O) groups excluding carboxylic acids is 1. The van der Waals surface area contributed by atoms with Gasteiger partial charge in [0.2, 0.25) is 10.0 Å². The van der Waals surface area contributed by atoms with Crippen molar-refractivity contribution in [3.63, 3.8) is 0 Å². The molecule has 0 heterocycles. The summed E-state index contributed by atoms with van der Waals surface area (Å²) in [5.74, 6) is -1.09. The number of hydrogen-bond donors (Lipinski definition) is 3. The monoisotopic (exact) mass is 445 g/mol. The fourth-order valence-corrected chi connectivity index (χ4v) is 4.91. The number of carbonyl (C=O) groups is 1. The number of unbranched alkanes of at least 4 members (excludes halogenated alkanes) is 2. The minimum Gasteiger partial charge on any atom is -0.507 e. The quantitative estimate of drug-likeness (QED) is 0.460. The molecule has 0 fully saturated rings. The molecule has 2 aromatic carbocycles. The van der Waals surface area contributed by atoms with E-state index in [1.54, 1.807) is 13.0 Å². The molecule has 6 nitrogen and oxygen atoms in total. The lowest BCUT2D eigenvalue weighted by molar-refractivity contribution is -0.115. The van der Waals surface area contributed by atoms with Crippen molar-refractivity contribution < 1.29 is 23.4 Å². The first-order chi connectivity index (χ1) is 14.5. The molecule has 0 aliphatic heterocycles. The van der Waals surface area contributed by atoms with Crippen LogP contribution in [0.25, 0.3) is 16.7 Å². The van der Waals surface area contributed by atoms with Crippen LogP contribution in [0.15, 0.2) is 35.7 Å². The van der Waals surface area contributed by atoms with E-state index in [2.05, 4.69) is 11.3 Å². The van der Waals surface area contributed by atoms with Crippen molar-refractivity contribution in [3.8, 4) is 22.6 Å². The van der Waals surface area contributed by atoms with Gasteiger partial charge in [0, 0.05) is 0 Å². The van der Waals surface area contributed by atoms with Crippen LogP contribution in [0.1, 0.15) is 56.7 Å². The van der Waals surface area contributed by atoms with E-state index in [0.717, 1.165) is 18.4 Å². The molecule has 0 atom stereocenters. The third kappa shape index (κ3) is 5.74. The maximum absolute atomic E-state index is 13.1. The fraction of sp³-hybridized carbons (Fsp3) is 0.375. The number of aryl methyl sites for hydroxylation is 2. The van der Waals surface area contributed by atoms with Gasteiger partial charge in [-0.3, -0.25) is 4.79 Å². The van der Waals surface area contributed by atoms with Crippen LogP contribution in [0, 0.1) is 6.92 Å². The van der Waals surface area contributed by atoms with Crippen molar-refractivity contribution in [1.82, 2.24) is 4.72 Å². The predicted octanol–water partition coefficient (Wildman–Crippen LogP) is 4.71. The summed E-state index contributed by atoms with van der Waals surface area (Å²) in [6.07, 6.45) is 2.88. The molecule has 0 aliphatic carbocycles. The maximum Gasteiger partial charge on any atom is 0.244 e. The number of phenolic OH excluding ortho intramolecular Hbond substituents is 2. The summed E-state index contributed by atoms with van der Waals surface area (Å²) in [6, 6.07) is 6.88. The molecule has 3 N–H and O–H groups in total. The predicted molar refractivity (Wildman–Crippen MR) is 124 cm³/mol. The zero-order valence-electron chi connectivity index (χ0n) is 18.6. The summed E-state index contributed by atoms with van der Waals surface area (Å²) in [5.41, 5.74) is 3.11. The Bertz CT molecular complexity index is 1100. The van der Waals surface area contributed by atoms with Crippen LogP contribution in [-0.2, 0) is 21.2 Å². The Morgan fingerprint density at radius 3 is 2.39 bits per heavy atom. The average molecular weight is 446 g/mol. The smallest absolute Gasteiger partial charge is 0.244 e. The lowest BCUT2D eigenvalue weighted by Crippen LogP contribution is -2.29. The number of Topliss-reactive ketones (excluding diaryl/α,β-unsaturated/α-hetero) is 1. The van der Waals surface area contributed by atoms with Crippen LogP contribution < -0.4 is 4.72 Å². The van der Waals surface area contributed by atoms with Gasteiger partial charge in [0.15, 0.2) is 0 Å². The number of rotatable bonds is 10. The third-order valence-corrected chi connectivity index (χ3v) is 6.56. The van der Waals surface area contributed by atoms with Crippen molar-refractivity contribution >= 4 is 21.4 Å². The molecule has 0 aliphatic rings. The number of aromatic hydroxyl groups is 2. The highest BCUT2D eigenvalue weighted by molar-refractivity contribution is 7.89. The van der Waals surface area contributed by atoms with Crippen LogP contribution in [0.5, 0.6) is 11.5 Å². The van der Waals surface area contributed by atoms with Crippen molar-refractivity contribution in [1.29, 1.82) is 0 Å². The lowest BCUT2D eigenvalue weighted by Gasteiger charge is -2.19. The Morgan fingerprint density at radius 2 is 1.81 bits per heavy atom. The Labute approximate surface area is 184 Å². The van der Waals surface area contributed by atoms with E-state index < -0.39 is 15.8 Å². The van der Waals surface area contributed by atoms with Crippen molar-refractivity contribution in [2.75, 3.05) is 6.54 Å². The number of sulfonamides is 1.